The van der Waals surface area contributed by atoms with E-state index in [0.717, 1.165) is 44.1 Å². The van der Waals surface area contributed by atoms with Crippen LogP contribution in [0.2, 0.25) is 0 Å². The molecule has 0 heterocycles. The second-order valence-electron chi connectivity index (χ2n) is 12.0. The van der Waals surface area contributed by atoms with Gasteiger partial charge in [-0.3, -0.25) is 4.79 Å². The minimum atomic E-state index is -0.177. The summed E-state index contributed by atoms with van der Waals surface area (Å²) in [5, 5.41) is 9.67. The van der Waals surface area contributed by atoms with E-state index in [9.17, 15) is 10.1 Å². The van der Waals surface area contributed by atoms with Crippen LogP contribution in [0.1, 0.15) is 151 Å². The molecule has 0 amide bonds. The van der Waals surface area contributed by atoms with E-state index in [4.69, 9.17) is 4.74 Å². The minimum Gasteiger partial charge on any atom is -0.425 e. The Morgan fingerprint density at radius 2 is 1.25 bits per heavy atom. The maximum absolute atomic E-state index is 13.0. The van der Waals surface area contributed by atoms with Gasteiger partial charge in [0.2, 0.25) is 0 Å². The molecule has 0 atom stereocenters. The van der Waals surface area contributed by atoms with E-state index < -0.39 is 0 Å². The van der Waals surface area contributed by atoms with Crippen LogP contribution in [0.15, 0.2) is 42.5 Å². The summed E-state index contributed by atoms with van der Waals surface area (Å²) >= 11 is 0. The first-order valence-electron chi connectivity index (χ1n) is 16.5. The van der Waals surface area contributed by atoms with Crippen LogP contribution in [0, 0.1) is 17.2 Å². The number of ether oxygens (including phenoxy) is 1. The van der Waals surface area contributed by atoms with E-state index in [2.05, 4.69) is 44.2 Å². The lowest BCUT2D eigenvalue weighted by molar-refractivity contribution is -0.140. The Hall–Kier alpha value is -2.60. The Morgan fingerprint density at radius 1 is 0.725 bits per heavy atom. The van der Waals surface area contributed by atoms with Crippen molar-refractivity contribution >= 4 is 5.97 Å². The van der Waals surface area contributed by atoms with Gasteiger partial charge in [0.05, 0.1) is 11.5 Å². The Morgan fingerprint density at radius 3 is 1.82 bits per heavy atom. The van der Waals surface area contributed by atoms with Crippen molar-refractivity contribution in [1.29, 1.82) is 5.26 Å². The van der Waals surface area contributed by atoms with Crippen molar-refractivity contribution in [2.45, 2.75) is 142 Å². The van der Waals surface area contributed by atoms with Gasteiger partial charge in [-0.25, -0.2) is 0 Å². The monoisotopic (exact) mass is 543 g/mol. The van der Waals surface area contributed by atoms with Crippen molar-refractivity contribution in [3.8, 4) is 11.8 Å². The molecule has 1 aliphatic carbocycles. The molecular formula is C37H53NO2. The minimum absolute atomic E-state index is 0.0813. The van der Waals surface area contributed by atoms with Crippen LogP contribution in [0.25, 0.3) is 0 Å². The van der Waals surface area contributed by atoms with E-state index in [0.29, 0.717) is 17.2 Å². The second-order valence-corrected chi connectivity index (χ2v) is 12.0. The molecule has 1 aliphatic rings. The molecule has 1 fully saturated rings. The molecule has 1 saturated carbocycles. The topological polar surface area (TPSA) is 50.1 Å². The molecule has 0 aliphatic heterocycles. The number of unbranched alkanes of at least 4 members (excludes halogenated alkanes) is 11. The molecule has 40 heavy (non-hydrogen) atoms. The van der Waals surface area contributed by atoms with E-state index in [1.54, 1.807) is 0 Å². The molecule has 2 aromatic rings. The molecule has 0 N–H and O–H groups in total. The summed E-state index contributed by atoms with van der Waals surface area (Å²) in [6, 6.07) is 17.2. The maximum atomic E-state index is 13.0. The number of aryl methyl sites for hydroxylation is 2. The van der Waals surface area contributed by atoms with Crippen molar-refractivity contribution in [1.82, 2.24) is 0 Å². The Balaban J connectivity index is 1.39. The second kappa shape index (κ2) is 18.7. The lowest BCUT2D eigenvalue weighted by Crippen LogP contribution is -2.25. The van der Waals surface area contributed by atoms with Crippen molar-refractivity contribution in [3.63, 3.8) is 0 Å². The van der Waals surface area contributed by atoms with Crippen LogP contribution in [0.3, 0.4) is 0 Å². The van der Waals surface area contributed by atoms with Gasteiger partial charge < -0.3 is 4.74 Å². The van der Waals surface area contributed by atoms with Crippen LogP contribution in [-0.2, 0) is 17.6 Å². The summed E-state index contributed by atoms with van der Waals surface area (Å²) < 4.78 is 5.77. The summed E-state index contributed by atoms with van der Waals surface area (Å²) in [6.07, 6.45) is 22.9. The van der Waals surface area contributed by atoms with E-state index in [1.165, 1.54) is 94.6 Å². The highest BCUT2D eigenvalue weighted by Gasteiger charge is 2.29. The molecule has 0 aromatic heterocycles. The maximum Gasteiger partial charge on any atom is 0.314 e. The molecular weight excluding hydrogens is 490 g/mol. The third kappa shape index (κ3) is 11.1. The Labute approximate surface area is 244 Å². The highest BCUT2D eigenvalue weighted by atomic mass is 16.5. The Kier molecular flexibility index (Phi) is 14.9. The zero-order chi connectivity index (χ0) is 28.4. The summed E-state index contributed by atoms with van der Waals surface area (Å²) in [7, 11) is 0. The van der Waals surface area contributed by atoms with E-state index >= 15 is 0 Å². The van der Waals surface area contributed by atoms with E-state index in [1.807, 2.05) is 18.2 Å². The largest absolute Gasteiger partial charge is 0.425 e. The molecule has 3 nitrogen and oxygen atoms in total. The lowest BCUT2D eigenvalue weighted by atomic mass is 9.78. The molecule has 218 valence electrons. The fraction of sp³-hybridized carbons (Fsp3) is 0.622. The summed E-state index contributed by atoms with van der Waals surface area (Å²) in [4.78, 5) is 13.0. The summed E-state index contributed by atoms with van der Waals surface area (Å²) in [5.74, 6) is 0.677. The number of nitrogens with zero attached hydrogens (tertiary/aromatic N) is 1. The molecule has 0 radical (unpaired) electrons. The van der Waals surface area contributed by atoms with Crippen molar-refractivity contribution in [3.05, 3.63) is 64.7 Å². The average Bonchev–Trinajstić information content (AvgIpc) is 2.99. The number of esters is 1. The molecule has 3 heteroatoms. The van der Waals surface area contributed by atoms with Crippen LogP contribution in [-0.4, -0.2) is 5.97 Å². The zero-order valence-corrected chi connectivity index (χ0v) is 25.4. The highest BCUT2D eigenvalue weighted by Crippen LogP contribution is 2.37. The molecule has 2 aromatic carbocycles. The number of rotatable bonds is 18. The van der Waals surface area contributed by atoms with Crippen molar-refractivity contribution in [2.24, 2.45) is 5.92 Å². The van der Waals surface area contributed by atoms with E-state index in [-0.39, 0.29) is 11.9 Å². The van der Waals surface area contributed by atoms with Gasteiger partial charge >= 0.3 is 5.97 Å². The SMILES string of the molecule is CCCCCCCCCc1ccc(C2CCC(C(=O)Oc3ccc(CCCCCCCC)cc3C#N)CC2)cc1. The van der Waals surface area contributed by atoms with Gasteiger partial charge in [0.1, 0.15) is 11.8 Å². The number of hydrogen-bond donors (Lipinski definition) is 0. The van der Waals surface area contributed by atoms with Gasteiger partial charge in [0.15, 0.2) is 0 Å². The summed E-state index contributed by atoms with van der Waals surface area (Å²) in [5.41, 5.74) is 4.48. The lowest BCUT2D eigenvalue weighted by Gasteiger charge is -2.27. The normalized spacial score (nSPS) is 16.9. The molecule has 0 bridgehead atoms. The van der Waals surface area contributed by atoms with Crippen LogP contribution >= 0.6 is 0 Å². The van der Waals surface area contributed by atoms with Gasteiger partial charge in [0, 0.05) is 0 Å². The zero-order valence-electron chi connectivity index (χ0n) is 25.4. The van der Waals surface area contributed by atoms with Crippen LogP contribution < -0.4 is 4.74 Å². The van der Waals surface area contributed by atoms with Crippen molar-refractivity contribution in [2.75, 3.05) is 0 Å². The molecule has 0 saturated heterocycles. The standard InChI is InChI=1S/C37H53NO2/c1-3-5-7-9-11-13-14-16-30-18-21-32(22-19-30)33-23-25-34(26-24-33)37(39)40-36-27-20-31(28-35(36)29-38)17-15-12-10-8-6-4-2/h18-22,27-28,33-34H,3-17,23-26H2,1-2H3. The number of carbonyl (C=O) groups excluding carboxylic acids is 1. The van der Waals surface area contributed by atoms with Crippen LogP contribution in [0.4, 0.5) is 0 Å². The predicted octanol–water partition coefficient (Wildman–Crippen LogP) is 10.6. The number of carbonyl (C=O) groups is 1. The van der Waals surface area contributed by atoms with Gasteiger partial charge in [0.25, 0.3) is 0 Å². The third-order valence-electron chi connectivity index (χ3n) is 8.77. The molecule has 0 unspecified atom stereocenters. The highest BCUT2D eigenvalue weighted by molar-refractivity contribution is 5.76. The van der Waals surface area contributed by atoms with Crippen molar-refractivity contribution < 1.29 is 9.53 Å². The first-order valence-corrected chi connectivity index (χ1v) is 16.5. The number of hydrogen-bond acceptors (Lipinski definition) is 3. The van der Waals surface area contributed by atoms with Crippen LogP contribution in [0.5, 0.6) is 5.75 Å². The summed E-state index contributed by atoms with van der Waals surface area (Å²) in [6.45, 7) is 4.51. The fourth-order valence-electron chi connectivity index (χ4n) is 6.12. The first-order chi connectivity index (χ1) is 19.6. The molecule has 3 rings (SSSR count). The first kappa shape index (κ1) is 31.9. The number of benzene rings is 2. The van der Waals surface area contributed by atoms with Gasteiger partial charge in [-0.2, -0.15) is 5.26 Å². The smallest absolute Gasteiger partial charge is 0.314 e. The van der Waals surface area contributed by atoms with Gasteiger partial charge in [-0.1, -0.05) is 115 Å². The quantitative estimate of drug-likeness (QED) is 0.107. The predicted molar refractivity (Wildman–Crippen MR) is 167 cm³/mol. The van der Waals surface area contributed by atoms with Gasteiger partial charge in [-0.15, -0.1) is 0 Å². The third-order valence-corrected chi connectivity index (χ3v) is 8.77. The molecule has 0 spiro atoms. The fourth-order valence-corrected chi connectivity index (χ4v) is 6.12. The number of nitriles is 1. The Bertz CT molecular complexity index is 1030. The average molecular weight is 544 g/mol. The van der Waals surface area contributed by atoms with Gasteiger partial charge in [-0.05, 0) is 86.1 Å².